The van der Waals surface area contributed by atoms with Crippen LogP contribution >= 0.6 is 0 Å². The van der Waals surface area contributed by atoms with Crippen molar-refractivity contribution in [3.63, 3.8) is 0 Å². The second-order valence-electron chi connectivity index (χ2n) is 11.7. The maximum Gasteiger partial charge on any atom is 0.333 e. The van der Waals surface area contributed by atoms with E-state index < -0.39 is 29.5 Å². The number of carbonyl (C=O) groups is 3. The third-order valence-corrected chi connectivity index (χ3v) is 8.64. The number of aromatic hydroxyl groups is 2. The molecule has 2 aliphatic heterocycles. The van der Waals surface area contributed by atoms with Crippen molar-refractivity contribution in [1.82, 2.24) is 29.5 Å². The van der Waals surface area contributed by atoms with Crippen LogP contribution in [0.25, 0.3) is 33.0 Å². The second-order valence-corrected chi connectivity index (χ2v) is 11.7. The van der Waals surface area contributed by atoms with Crippen molar-refractivity contribution >= 4 is 56.7 Å². The van der Waals surface area contributed by atoms with Gasteiger partial charge in [0.1, 0.15) is 0 Å². The van der Waals surface area contributed by atoms with E-state index in [1.54, 1.807) is 6.20 Å². The molecule has 240 valence electrons. The Morgan fingerprint density at radius 2 is 1.53 bits per heavy atom. The zero-order valence-electron chi connectivity index (χ0n) is 25.7. The number of rotatable bonds is 9. The average molecular weight is 636 g/mol. The average Bonchev–Trinajstić information content (AvgIpc) is 3.72. The Labute approximate surface area is 269 Å². The summed E-state index contributed by atoms with van der Waals surface area (Å²) in [4.78, 5) is 64.6. The zero-order chi connectivity index (χ0) is 32.7. The molecule has 13 nitrogen and oxygen atoms in total. The first-order chi connectivity index (χ1) is 22.8. The summed E-state index contributed by atoms with van der Waals surface area (Å²) in [6, 6.07) is 17.5. The minimum atomic E-state index is -0.687. The number of aromatic nitrogens is 4. The third-order valence-electron chi connectivity index (χ3n) is 8.64. The number of anilines is 1. The lowest BCUT2D eigenvalue weighted by Gasteiger charge is -2.32. The number of piperazine rings is 1. The standard InChI is InChI=1S/C34H33N7O6/c1-38-16-18-39(19-17-38)34-36-25-11-5-3-9-22(25)31(37-34)30-29(23-20-35-24-10-4-2-8-21(23)24)32(45)40(33(30)46)15-7-6-12-28(44)47-41-26(42)13-14-27(41)43/h2-5,8-11,13-14,20,35,42-43H,6-7,12,15-19H2,1H3. The SMILES string of the molecule is CN1CCN(c2nc(C3=C(c4c[nH]c5ccccc45)C(=O)N(CCCCC(=O)On4c(O)ccc4O)C3=O)c3ccccc3n2)CC1. The predicted molar refractivity (Wildman–Crippen MR) is 174 cm³/mol. The van der Waals surface area contributed by atoms with Gasteiger partial charge in [0.25, 0.3) is 11.8 Å². The van der Waals surface area contributed by atoms with E-state index in [1.807, 2.05) is 48.5 Å². The van der Waals surface area contributed by atoms with Gasteiger partial charge in [-0.2, -0.15) is 0 Å². The topological polar surface area (TPSA) is 157 Å². The molecule has 7 rings (SSSR count). The number of likely N-dealkylation sites (N-methyl/N-ethyl adjacent to an activating group) is 1. The molecule has 0 bridgehead atoms. The van der Waals surface area contributed by atoms with Crippen LogP contribution in [-0.4, -0.2) is 97.3 Å². The van der Waals surface area contributed by atoms with E-state index in [-0.39, 0.29) is 24.1 Å². The quantitative estimate of drug-likeness (QED) is 0.162. The molecule has 3 aromatic heterocycles. The fraction of sp³-hybridized carbons (Fsp3) is 0.265. The molecule has 1 saturated heterocycles. The molecule has 0 saturated carbocycles. The molecule has 13 heteroatoms. The predicted octanol–water partition coefficient (Wildman–Crippen LogP) is 3.18. The first kappa shape index (κ1) is 30.0. The molecule has 1 fully saturated rings. The first-order valence-electron chi connectivity index (χ1n) is 15.5. The second kappa shape index (κ2) is 12.2. The Hall–Kier alpha value is -5.69. The lowest BCUT2D eigenvalue weighted by Crippen LogP contribution is -2.45. The number of benzene rings is 2. The highest BCUT2D eigenvalue weighted by molar-refractivity contribution is 6.50. The summed E-state index contributed by atoms with van der Waals surface area (Å²) in [5.41, 5.74) is 2.99. The highest BCUT2D eigenvalue weighted by atomic mass is 16.7. The molecule has 5 aromatic rings. The largest absolute Gasteiger partial charge is 0.492 e. The van der Waals surface area contributed by atoms with E-state index >= 15 is 0 Å². The number of imide groups is 1. The monoisotopic (exact) mass is 635 g/mol. The summed E-state index contributed by atoms with van der Waals surface area (Å²) in [6.07, 6.45) is 2.30. The molecule has 0 unspecified atom stereocenters. The number of amides is 2. The zero-order valence-corrected chi connectivity index (χ0v) is 25.7. The van der Waals surface area contributed by atoms with Crippen LogP contribution in [-0.2, 0) is 14.4 Å². The fourth-order valence-electron chi connectivity index (χ4n) is 6.11. The van der Waals surface area contributed by atoms with Crippen molar-refractivity contribution in [3.8, 4) is 11.8 Å². The van der Waals surface area contributed by atoms with Crippen LogP contribution < -0.4 is 9.74 Å². The Balaban J connectivity index is 1.22. The maximum atomic E-state index is 14.4. The van der Waals surface area contributed by atoms with Gasteiger partial charge in [0.15, 0.2) is 0 Å². The van der Waals surface area contributed by atoms with E-state index in [0.717, 1.165) is 37.1 Å². The molecule has 2 aromatic carbocycles. The van der Waals surface area contributed by atoms with E-state index in [2.05, 4.69) is 21.8 Å². The molecule has 2 aliphatic rings. The van der Waals surface area contributed by atoms with Crippen molar-refractivity contribution < 1.29 is 29.4 Å². The van der Waals surface area contributed by atoms with Crippen LogP contribution in [0.3, 0.4) is 0 Å². The number of carbonyl (C=O) groups excluding carboxylic acids is 3. The molecule has 0 spiro atoms. The Morgan fingerprint density at radius 1 is 0.851 bits per heavy atom. The number of H-pyrrole nitrogens is 1. The number of unbranched alkanes of at least 4 members (excludes halogenated alkanes) is 1. The van der Waals surface area contributed by atoms with E-state index in [9.17, 15) is 24.6 Å². The van der Waals surface area contributed by atoms with Crippen molar-refractivity contribution in [1.29, 1.82) is 0 Å². The van der Waals surface area contributed by atoms with Crippen LogP contribution in [0.5, 0.6) is 11.8 Å². The van der Waals surface area contributed by atoms with Gasteiger partial charge in [0.2, 0.25) is 17.7 Å². The van der Waals surface area contributed by atoms with Gasteiger partial charge in [-0.3, -0.25) is 14.5 Å². The lowest BCUT2D eigenvalue weighted by atomic mass is 9.97. The molecule has 5 heterocycles. The molecule has 0 radical (unpaired) electrons. The van der Waals surface area contributed by atoms with Crippen LogP contribution in [0.1, 0.15) is 30.5 Å². The molecular formula is C34H33N7O6. The summed E-state index contributed by atoms with van der Waals surface area (Å²) < 4.78 is 0.627. The third kappa shape index (κ3) is 5.54. The van der Waals surface area contributed by atoms with Crippen molar-refractivity contribution in [2.75, 3.05) is 44.7 Å². The Morgan fingerprint density at radius 3 is 2.30 bits per heavy atom. The van der Waals surface area contributed by atoms with Crippen molar-refractivity contribution in [3.05, 3.63) is 78.1 Å². The molecule has 0 aliphatic carbocycles. The van der Waals surface area contributed by atoms with Gasteiger partial charge in [0.05, 0.1) is 22.4 Å². The van der Waals surface area contributed by atoms with Crippen molar-refractivity contribution in [2.24, 2.45) is 0 Å². The van der Waals surface area contributed by atoms with Crippen LogP contribution in [0, 0.1) is 0 Å². The molecule has 2 amide bonds. The maximum absolute atomic E-state index is 14.4. The van der Waals surface area contributed by atoms with Gasteiger partial charge >= 0.3 is 5.97 Å². The summed E-state index contributed by atoms with van der Waals surface area (Å²) in [6.45, 7) is 3.22. The van der Waals surface area contributed by atoms with Gasteiger partial charge < -0.3 is 29.8 Å². The molecule has 3 N–H and O–H groups in total. The molecule has 47 heavy (non-hydrogen) atoms. The number of fused-ring (bicyclic) bond motifs is 2. The number of para-hydroxylation sites is 2. The Bertz CT molecular complexity index is 2040. The smallest absolute Gasteiger partial charge is 0.333 e. The number of nitrogens with zero attached hydrogens (tertiary/aromatic N) is 6. The minimum absolute atomic E-state index is 0.0617. The van der Waals surface area contributed by atoms with Crippen LogP contribution in [0.4, 0.5) is 5.95 Å². The lowest BCUT2D eigenvalue weighted by molar-refractivity contribution is -0.145. The van der Waals surface area contributed by atoms with E-state index in [0.29, 0.717) is 45.7 Å². The summed E-state index contributed by atoms with van der Waals surface area (Å²) in [7, 11) is 2.07. The van der Waals surface area contributed by atoms with E-state index in [4.69, 9.17) is 14.8 Å². The highest BCUT2D eigenvalue weighted by Crippen LogP contribution is 2.40. The first-order valence-corrected chi connectivity index (χ1v) is 15.5. The van der Waals surface area contributed by atoms with Gasteiger partial charge in [-0.25, -0.2) is 14.8 Å². The van der Waals surface area contributed by atoms with Gasteiger partial charge in [-0.05, 0) is 32.0 Å². The minimum Gasteiger partial charge on any atom is -0.492 e. The van der Waals surface area contributed by atoms with Crippen LogP contribution in [0.15, 0.2) is 66.9 Å². The van der Waals surface area contributed by atoms with Gasteiger partial charge in [-0.1, -0.05) is 36.4 Å². The van der Waals surface area contributed by atoms with Gasteiger partial charge in [0, 0.05) is 79.3 Å². The fourth-order valence-corrected chi connectivity index (χ4v) is 6.11. The van der Waals surface area contributed by atoms with Crippen molar-refractivity contribution in [2.45, 2.75) is 19.3 Å². The number of hydrogen-bond donors (Lipinski definition) is 3. The van der Waals surface area contributed by atoms with Crippen LogP contribution in [0.2, 0.25) is 0 Å². The highest BCUT2D eigenvalue weighted by Gasteiger charge is 2.41. The number of nitrogens with one attached hydrogen (secondary N) is 1. The summed E-state index contributed by atoms with van der Waals surface area (Å²) >= 11 is 0. The number of aromatic amines is 1. The van der Waals surface area contributed by atoms with Gasteiger partial charge in [-0.15, -0.1) is 4.73 Å². The number of hydrogen-bond acceptors (Lipinski definition) is 10. The molecular weight excluding hydrogens is 602 g/mol. The summed E-state index contributed by atoms with van der Waals surface area (Å²) in [5.74, 6) is -1.92. The normalized spacial score (nSPS) is 15.9. The summed E-state index contributed by atoms with van der Waals surface area (Å²) in [5, 5.41) is 20.9. The Kier molecular flexibility index (Phi) is 7.82. The molecule has 0 atom stereocenters. The van der Waals surface area contributed by atoms with E-state index in [1.165, 1.54) is 17.0 Å².